The van der Waals surface area contributed by atoms with E-state index in [1.54, 1.807) is 13.4 Å². The third-order valence-electron chi connectivity index (χ3n) is 5.36. The number of allylic oxidation sites excluding steroid dienone is 5. The summed E-state index contributed by atoms with van der Waals surface area (Å²) >= 11 is 0. The summed E-state index contributed by atoms with van der Waals surface area (Å²) in [4.78, 5) is 12.3. The lowest BCUT2D eigenvalue weighted by molar-refractivity contribution is -0.0684. The fourth-order valence-electron chi connectivity index (χ4n) is 3.86. The lowest BCUT2D eigenvalue weighted by atomic mass is 9.98. The number of hydrogen-bond donors (Lipinski definition) is 2. The molecule has 8 nitrogen and oxygen atoms in total. The van der Waals surface area contributed by atoms with Crippen molar-refractivity contribution in [3.8, 4) is 0 Å². The Kier molecular flexibility index (Phi) is 8.62. The number of imidazole rings is 1. The van der Waals surface area contributed by atoms with E-state index in [9.17, 15) is 0 Å². The van der Waals surface area contributed by atoms with Crippen LogP contribution in [0, 0.1) is 6.92 Å². The molecule has 2 aliphatic rings. The molecule has 0 aliphatic carbocycles. The lowest BCUT2D eigenvalue weighted by Gasteiger charge is -2.32. The van der Waals surface area contributed by atoms with E-state index in [1.165, 1.54) is 5.57 Å². The van der Waals surface area contributed by atoms with Gasteiger partial charge in [0.05, 0.1) is 44.6 Å². The van der Waals surface area contributed by atoms with E-state index in [0.29, 0.717) is 19.0 Å². The smallest absolute Gasteiger partial charge is 0.157 e. The van der Waals surface area contributed by atoms with Crippen molar-refractivity contribution in [3.05, 3.63) is 59.9 Å². The molecule has 0 bridgehead atoms. The highest BCUT2D eigenvalue weighted by Gasteiger charge is 2.38. The van der Waals surface area contributed by atoms with Crippen molar-refractivity contribution >= 4 is 5.70 Å². The van der Waals surface area contributed by atoms with Gasteiger partial charge in [-0.2, -0.15) is 5.48 Å². The van der Waals surface area contributed by atoms with Crippen LogP contribution in [0.2, 0.25) is 0 Å². The third-order valence-corrected chi connectivity index (χ3v) is 5.36. The molecule has 2 N–H and O–H groups in total. The van der Waals surface area contributed by atoms with Gasteiger partial charge >= 0.3 is 0 Å². The zero-order chi connectivity index (χ0) is 22.2. The molecule has 0 spiro atoms. The van der Waals surface area contributed by atoms with Crippen LogP contribution >= 0.6 is 0 Å². The lowest BCUT2D eigenvalue weighted by Crippen LogP contribution is -2.45. The largest absolute Gasteiger partial charge is 0.495 e. The van der Waals surface area contributed by atoms with Gasteiger partial charge in [-0.15, -0.1) is 0 Å². The average molecular weight is 431 g/mol. The van der Waals surface area contributed by atoms with Gasteiger partial charge in [0.1, 0.15) is 11.9 Å². The molecule has 3 rings (SSSR count). The fraction of sp³-hybridized carbons (Fsp3) is 0.522. The minimum absolute atomic E-state index is 0.00984. The van der Waals surface area contributed by atoms with Gasteiger partial charge < -0.3 is 19.1 Å². The summed E-state index contributed by atoms with van der Waals surface area (Å²) < 4.78 is 13.0. The van der Waals surface area contributed by atoms with Gasteiger partial charge in [-0.1, -0.05) is 25.7 Å². The van der Waals surface area contributed by atoms with Crippen molar-refractivity contribution in [2.24, 2.45) is 0 Å². The quantitative estimate of drug-likeness (QED) is 0.336. The van der Waals surface area contributed by atoms with Gasteiger partial charge in [-0.3, -0.25) is 9.74 Å². The minimum atomic E-state index is -0.159. The predicted molar refractivity (Wildman–Crippen MR) is 119 cm³/mol. The van der Waals surface area contributed by atoms with Gasteiger partial charge in [0, 0.05) is 12.7 Å². The molecule has 2 aliphatic heterocycles. The van der Waals surface area contributed by atoms with Crippen molar-refractivity contribution in [2.45, 2.75) is 45.5 Å². The first kappa shape index (κ1) is 23.4. The topological polar surface area (TPSA) is 81.0 Å². The molecule has 0 radical (unpaired) electrons. The molecule has 0 aromatic carbocycles. The molecule has 1 aromatic rings. The van der Waals surface area contributed by atoms with Gasteiger partial charge in [0.25, 0.3) is 0 Å². The van der Waals surface area contributed by atoms with E-state index in [2.05, 4.69) is 41.0 Å². The van der Waals surface area contributed by atoms with E-state index in [1.807, 2.05) is 23.8 Å². The van der Waals surface area contributed by atoms with Gasteiger partial charge in [-0.05, 0) is 43.4 Å². The van der Waals surface area contributed by atoms with Crippen LogP contribution in [0.1, 0.15) is 31.9 Å². The van der Waals surface area contributed by atoms with Crippen molar-refractivity contribution in [2.75, 3.05) is 33.5 Å². The number of aliphatic hydroxyl groups excluding tert-OH is 1. The molecule has 170 valence electrons. The Bertz CT molecular complexity index is 842. The van der Waals surface area contributed by atoms with Crippen LogP contribution in [0.15, 0.2) is 54.2 Å². The average Bonchev–Trinajstić information content (AvgIpc) is 3.39. The molecule has 31 heavy (non-hydrogen) atoms. The van der Waals surface area contributed by atoms with Crippen LogP contribution in [0.4, 0.5) is 0 Å². The second-order valence-corrected chi connectivity index (χ2v) is 7.65. The molecule has 0 saturated carbocycles. The summed E-state index contributed by atoms with van der Waals surface area (Å²) in [5, 5.41) is 8.93. The number of aliphatic hydroxyl groups is 1. The van der Waals surface area contributed by atoms with Crippen molar-refractivity contribution in [3.63, 3.8) is 0 Å². The number of hydrogen-bond acceptors (Lipinski definition) is 7. The number of aryl methyl sites for hydroxylation is 1. The molecular formula is C23H34N4O4. The maximum atomic E-state index is 8.93. The van der Waals surface area contributed by atoms with E-state index < -0.39 is 0 Å². The molecule has 3 heterocycles. The summed E-state index contributed by atoms with van der Waals surface area (Å²) in [5.41, 5.74) is 7.14. The number of ether oxygens (including phenoxy) is 2. The van der Waals surface area contributed by atoms with Crippen LogP contribution in [-0.4, -0.2) is 65.4 Å². The predicted octanol–water partition coefficient (Wildman–Crippen LogP) is 2.75. The summed E-state index contributed by atoms with van der Waals surface area (Å²) in [5.74, 6) is 0.688. The Morgan fingerprint density at radius 2 is 2.32 bits per heavy atom. The van der Waals surface area contributed by atoms with Gasteiger partial charge in [-0.25, -0.2) is 4.98 Å². The van der Waals surface area contributed by atoms with Crippen molar-refractivity contribution in [1.29, 1.82) is 0 Å². The summed E-state index contributed by atoms with van der Waals surface area (Å²) in [7, 11) is 1.66. The van der Waals surface area contributed by atoms with Crippen LogP contribution in [0.25, 0.3) is 5.70 Å². The molecule has 8 heteroatoms. The third kappa shape index (κ3) is 5.93. The first-order valence-electron chi connectivity index (χ1n) is 10.8. The first-order valence-corrected chi connectivity index (χ1v) is 10.8. The highest BCUT2D eigenvalue weighted by molar-refractivity contribution is 5.61. The molecule has 2 fully saturated rings. The SMILES string of the molecule is C=C(\C(=C/C(=C\CC)/C=C1\CCCN2C1NO[C@H]2COCCO)OC)n1cnc(C)c1. The van der Waals surface area contributed by atoms with Gasteiger partial charge in [0.15, 0.2) is 6.23 Å². The van der Waals surface area contributed by atoms with E-state index >= 15 is 0 Å². The molecular weight excluding hydrogens is 396 g/mol. The van der Waals surface area contributed by atoms with E-state index in [-0.39, 0.29) is 19.0 Å². The maximum absolute atomic E-state index is 8.93. The number of methoxy groups -OCH3 is 1. The Balaban J connectivity index is 1.78. The van der Waals surface area contributed by atoms with Crippen molar-refractivity contribution < 1.29 is 19.4 Å². The van der Waals surface area contributed by atoms with Crippen molar-refractivity contribution in [1.82, 2.24) is 19.9 Å². The second kappa shape index (κ2) is 11.4. The minimum Gasteiger partial charge on any atom is -0.495 e. The highest BCUT2D eigenvalue weighted by atomic mass is 16.7. The first-order chi connectivity index (χ1) is 15.1. The number of fused-ring (bicyclic) bond motifs is 1. The monoisotopic (exact) mass is 430 g/mol. The van der Waals surface area contributed by atoms with Crippen LogP contribution in [0.5, 0.6) is 0 Å². The van der Waals surface area contributed by atoms with Crippen LogP contribution < -0.4 is 5.48 Å². The zero-order valence-corrected chi connectivity index (χ0v) is 18.7. The maximum Gasteiger partial charge on any atom is 0.157 e. The number of aromatic nitrogens is 2. The summed E-state index contributed by atoms with van der Waals surface area (Å²) in [6, 6.07) is 0. The Hall–Kier alpha value is -2.23. The Morgan fingerprint density at radius 3 is 3.00 bits per heavy atom. The number of hydroxylamine groups is 1. The molecule has 1 aromatic heterocycles. The molecule has 1 unspecified atom stereocenters. The van der Waals surface area contributed by atoms with Crippen LogP contribution in [-0.2, 0) is 14.3 Å². The fourth-order valence-corrected chi connectivity index (χ4v) is 3.86. The van der Waals surface area contributed by atoms with E-state index in [4.69, 9.17) is 19.4 Å². The highest BCUT2D eigenvalue weighted by Crippen LogP contribution is 2.29. The molecule has 2 saturated heterocycles. The Morgan fingerprint density at radius 1 is 1.48 bits per heavy atom. The second-order valence-electron chi connectivity index (χ2n) is 7.65. The zero-order valence-electron chi connectivity index (χ0n) is 18.7. The van der Waals surface area contributed by atoms with Gasteiger partial charge in [0.2, 0.25) is 0 Å². The number of piperidine rings is 1. The Labute approximate surface area is 184 Å². The molecule has 0 amide bonds. The number of rotatable bonds is 10. The molecule has 2 atom stereocenters. The number of nitrogens with one attached hydrogen (secondary N) is 1. The standard InChI is InChI=1S/C23H34N4O4/c1-5-7-19(13-21(29-4)18(3)26-14-17(2)24-16-26)12-20-8-6-9-27-22(15-30-11-10-28)31-25-23(20)27/h7,12-14,16,22-23,25,28H,3,5-6,8-11,15H2,1-2,4H3/b19-7-,20-12+,21-13+/t22-,23?/m0/s1. The summed E-state index contributed by atoms with van der Waals surface area (Å²) in [6.07, 6.45) is 12.9. The van der Waals surface area contributed by atoms with E-state index in [0.717, 1.165) is 42.8 Å². The number of nitrogens with zero attached hydrogens (tertiary/aromatic N) is 3. The summed E-state index contributed by atoms with van der Waals surface area (Å²) in [6.45, 7) is 9.92. The normalized spacial score (nSPS) is 23.9. The van der Waals surface area contributed by atoms with Crippen LogP contribution in [0.3, 0.4) is 0 Å².